The second-order valence-electron chi connectivity index (χ2n) is 2.75. The van der Waals surface area contributed by atoms with Gasteiger partial charge in [-0.05, 0) is 19.1 Å². The Balaban J connectivity index is 4.01. The van der Waals surface area contributed by atoms with Crippen LogP contribution < -0.4 is 0 Å². The van der Waals surface area contributed by atoms with Crippen molar-refractivity contribution in [3.8, 4) is 0 Å². The zero-order valence-electron chi connectivity index (χ0n) is 6.31. The summed E-state index contributed by atoms with van der Waals surface area (Å²) in [7, 11) is 0. The average Bonchev–Trinajstić information content (AvgIpc) is 1.84. The van der Waals surface area contributed by atoms with Gasteiger partial charge in [-0.25, -0.2) is 0 Å². The summed E-state index contributed by atoms with van der Waals surface area (Å²) in [6.07, 6.45) is 3.70. The summed E-state index contributed by atoms with van der Waals surface area (Å²) in [6.45, 7) is 6.00. The van der Waals surface area contributed by atoms with Crippen molar-refractivity contribution in [2.24, 2.45) is 5.41 Å². The van der Waals surface area contributed by atoms with Gasteiger partial charge in [-0.3, -0.25) is 0 Å². The minimum Gasteiger partial charge on any atom is -0.395 e. The molecule has 1 nitrogen and oxygen atoms in total. The van der Waals surface area contributed by atoms with Crippen LogP contribution in [0.5, 0.6) is 0 Å². The highest BCUT2D eigenvalue weighted by molar-refractivity contribution is 4.93. The predicted octanol–water partition coefficient (Wildman–Crippen LogP) is 1.74. The Bertz CT molecular complexity index is 128. The Morgan fingerprint density at radius 3 is 2.44 bits per heavy atom. The minimum absolute atomic E-state index is 0.119. The molecular weight excluding hydrogens is 112 g/mol. The lowest BCUT2D eigenvalue weighted by atomic mass is 9.95. The van der Waals surface area contributed by atoms with E-state index in [1.165, 1.54) is 0 Å². The van der Waals surface area contributed by atoms with Crippen LogP contribution in [-0.4, -0.2) is 11.7 Å². The van der Waals surface area contributed by atoms with Crippen LogP contribution in [0, 0.1) is 5.41 Å². The molecule has 0 saturated heterocycles. The molecule has 0 aliphatic heterocycles. The molecule has 0 aromatic carbocycles. The van der Waals surface area contributed by atoms with Gasteiger partial charge >= 0.3 is 0 Å². The molecule has 1 heteroatoms. The fraction of sp³-hybridized carbons (Fsp3) is 0.625. The van der Waals surface area contributed by atoms with E-state index >= 15 is 0 Å². The third-order valence-electron chi connectivity index (χ3n) is 1.05. The molecule has 0 atom stereocenters. The topological polar surface area (TPSA) is 20.2 Å². The first-order valence-corrected chi connectivity index (χ1v) is 3.11. The van der Waals surface area contributed by atoms with E-state index in [0.717, 1.165) is 0 Å². The molecule has 0 spiro atoms. The number of hydrogen-bond acceptors (Lipinski definition) is 1. The lowest BCUT2D eigenvalue weighted by Gasteiger charge is -2.13. The molecule has 0 rings (SSSR count). The van der Waals surface area contributed by atoms with Crippen molar-refractivity contribution < 1.29 is 5.11 Å². The molecule has 0 aliphatic carbocycles. The first-order valence-electron chi connectivity index (χ1n) is 3.11. The lowest BCUT2D eigenvalue weighted by Crippen LogP contribution is -2.11. The zero-order valence-corrected chi connectivity index (χ0v) is 6.31. The van der Waals surface area contributed by atoms with Crippen LogP contribution in [0.4, 0.5) is 0 Å². The summed E-state index contributed by atoms with van der Waals surface area (Å²) >= 11 is 0. The van der Waals surface area contributed by atoms with Gasteiger partial charge in [0.2, 0.25) is 0 Å². The maximum absolute atomic E-state index is 8.74. The molecule has 0 heterocycles. The van der Waals surface area contributed by atoms with Gasteiger partial charge in [0.15, 0.2) is 0 Å². The smallest absolute Gasteiger partial charge is 0.0522 e. The molecule has 0 saturated carbocycles. The summed E-state index contributed by atoms with van der Waals surface area (Å²) in [5.41, 5.74) is 2.81. The summed E-state index contributed by atoms with van der Waals surface area (Å²) in [5, 5.41) is 8.74. The molecule has 0 fully saturated rings. The second-order valence-corrected chi connectivity index (χ2v) is 2.75. The summed E-state index contributed by atoms with van der Waals surface area (Å²) in [4.78, 5) is 0. The van der Waals surface area contributed by atoms with Gasteiger partial charge in [-0.2, -0.15) is 0 Å². The fourth-order valence-corrected chi connectivity index (χ4v) is 0.355. The Morgan fingerprint density at radius 1 is 1.56 bits per heavy atom. The molecule has 0 aromatic rings. The molecule has 9 heavy (non-hydrogen) atoms. The van der Waals surface area contributed by atoms with Gasteiger partial charge in [0.25, 0.3) is 0 Å². The second kappa shape index (κ2) is 3.49. The Labute approximate surface area is 56.7 Å². The average molecular weight is 126 g/mol. The molecule has 0 amide bonds. The van der Waals surface area contributed by atoms with Crippen molar-refractivity contribution in [2.45, 2.75) is 20.8 Å². The molecule has 0 aliphatic rings. The van der Waals surface area contributed by atoms with Crippen LogP contribution >= 0.6 is 0 Å². The predicted molar refractivity (Wildman–Crippen MR) is 39.2 cm³/mol. The van der Waals surface area contributed by atoms with Crippen molar-refractivity contribution in [1.29, 1.82) is 0 Å². The first kappa shape index (κ1) is 8.48. The largest absolute Gasteiger partial charge is 0.395 e. The van der Waals surface area contributed by atoms with E-state index in [1.807, 2.05) is 32.9 Å². The van der Waals surface area contributed by atoms with Crippen LogP contribution in [0.2, 0.25) is 0 Å². The van der Waals surface area contributed by atoms with Gasteiger partial charge < -0.3 is 5.11 Å². The molecule has 52 valence electrons. The van der Waals surface area contributed by atoms with E-state index in [0.29, 0.717) is 0 Å². The quantitative estimate of drug-likeness (QED) is 0.559. The van der Waals surface area contributed by atoms with E-state index in [-0.39, 0.29) is 12.0 Å². The van der Waals surface area contributed by atoms with Gasteiger partial charge in [0, 0.05) is 5.41 Å². The van der Waals surface area contributed by atoms with Gasteiger partial charge in [-0.1, -0.05) is 13.8 Å². The monoisotopic (exact) mass is 126 g/mol. The molecule has 0 aromatic heterocycles. The lowest BCUT2D eigenvalue weighted by molar-refractivity contribution is 0.200. The summed E-state index contributed by atoms with van der Waals surface area (Å²) in [6, 6.07) is 0. The standard InChI is InChI=1S/C8H14O/c1-4-5-6-8(2,3)7-9/h4,6,9H,7H2,1-3H3. The van der Waals surface area contributed by atoms with Gasteiger partial charge in [0.1, 0.15) is 0 Å². The number of hydrogen-bond donors (Lipinski definition) is 1. The van der Waals surface area contributed by atoms with Crippen LogP contribution in [-0.2, 0) is 0 Å². The van der Waals surface area contributed by atoms with E-state index in [2.05, 4.69) is 5.73 Å². The van der Waals surface area contributed by atoms with Crippen LogP contribution in [0.3, 0.4) is 0 Å². The molecule has 0 bridgehead atoms. The van der Waals surface area contributed by atoms with Crippen LogP contribution in [0.1, 0.15) is 20.8 Å². The highest BCUT2D eigenvalue weighted by atomic mass is 16.3. The highest BCUT2D eigenvalue weighted by Crippen LogP contribution is 2.13. The van der Waals surface area contributed by atoms with E-state index in [9.17, 15) is 0 Å². The number of aliphatic hydroxyl groups excluding tert-OH is 1. The summed E-state index contributed by atoms with van der Waals surface area (Å²) < 4.78 is 0. The van der Waals surface area contributed by atoms with Crippen molar-refractivity contribution in [2.75, 3.05) is 6.61 Å². The van der Waals surface area contributed by atoms with Crippen molar-refractivity contribution in [1.82, 2.24) is 0 Å². The molecule has 0 radical (unpaired) electrons. The first-order chi connectivity index (χ1) is 4.12. The zero-order chi connectivity index (χ0) is 7.33. The maximum Gasteiger partial charge on any atom is 0.0522 e. The van der Waals surface area contributed by atoms with Gasteiger partial charge in [-0.15, -0.1) is 5.73 Å². The normalized spacial score (nSPS) is 10.2. The van der Waals surface area contributed by atoms with Crippen LogP contribution in [0.25, 0.3) is 0 Å². The maximum atomic E-state index is 8.74. The number of rotatable bonds is 2. The van der Waals surface area contributed by atoms with Crippen molar-refractivity contribution in [3.63, 3.8) is 0 Å². The van der Waals surface area contributed by atoms with E-state index < -0.39 is 0 Å². The van der Waals surface area contributed by atoms with E-state index in [1.54, 1.807) is 0 Å². The Hall–Kier alpha value is -0.520. The Kier molecular flexibility index (Phi) is 3.29. The van der Waals surface area contributed by atoms with Crippen molar-refractivity contribution in [3.05, 3.63) is 17.9 Å². The minimum atomic E-state index is -0.119. The van der Waals surface area contributed by atoms with Crippen LogP contribution in [0.15, 0.2) is 17.9 Å². The Morgan fingerprint density at radius 2 is 2.11 bits per heavy atom. The fourth-order valence-electron chi connectivity index (χ4n) is 0.355. The van der Waals surface area contributed by atoms with E-state index in [4.69, 9.17) is 5.11 Å². The van der Waals surface area contributed by atoms with Crippen molar-refractivity contribution >= 4 is 0 Å². The number of aliphatic hydroxyl groups is 1. The third kappa shape index (κ3) is 4.01. The highest BCUT2D eigenvalue weighted by Gasteiger charge is 2.09. The summed E-state index contributed by atoms with van der Waals surface area (Å²) in [5.74, 6) is 0. The molecule has 0 unspecified atom stereocenters. The third-order valence-corrected chi connectivity index (χ3v) is 1.05. The molecule has 1 N–H and O–H groups in total. The SMILES string of the molecule is CC=C=CC(C)(C)CO. The van der Waals surface area contributed by atoms with Gasteiger partial charge in [0.05, 0.1) is 6.61 Å². The molecular formula is C8H14O.